The fraction of sp³-hybridized carbons (Fsp3) is 0.200. The highest BCUT2D eigenvalue weighted by Crippen LogP contribution is 2.33. The van der Waals surface area contributed by atoms with Crippen LogP contribution in [0.4, 0.5) is 10.2 Å². The van der Waals surface area contributed by atoms with Crippen LogP contribution in [0.1, 0.15) is 17.1 Å². The van der Waals surface area contributed by atoms with Crippen LogP contribution in [-0.4, -0.2) is 43.3 Å². The Morgan fingerprint density at radius 2 is 1.93 bits per heavy atom. The fourth-order valence-electron chi connectivity index (χ4n) is 3.09. The summed E-state index contributed by atoms with van der Waals surface area (Å²) >= 11 is 0. The first-order valence-corrected chi connectivity index (χ1v) is 8.88. The number of rotatable bonds is 4. The number of anilines is 1. The molecule has 0 radical (unpaired) electrons. The highest BCUT2D eigenvalue weighted by Gasteiger charge is 2.26. The van der Waals surface area contributed by atoms with Crippen molar-refractivity contribution in [3.05, 3.63) is 66.1 Å². The molecule has 1 N–H and O–H groups in total. The van der Waals surface area contributed by atoms with Gasteiger partial charge in [0.1, 0.15) is 25.0 Å². The van der Waals surface area contributed by atoms with Crippen molar-refractivity contribution in [2.45, 2.75) is 13.8 Å². The van der Waals surface area contributed by atoms with Crippen LogP contribution >= 0.6 is 0 Å². The van der Waals surface area contributed by atoms with Gasteiger partial charge >= 0.3 is 0 Å². The van der Waals surface area contributed by atoms with E-state index in [-0.39, 0.29) is 12.5 Å². The van der Waals surface area contributed by atoms with Crippen LogP contribution in [0.5, 0.6) is 5.75 Å². The van der Waals surface area contributed by atoms with Crippen LogP contribution in [0, 0.1) is 19.7 Å². The highest BCUT2D eigenvalue weighted by atomic mass is 19.1. The lowest BCUT2D eigenvalue weighted by Gasteiger charge is -2.21. The SMILES string of the molecule is C=C(c1cc(O)ccc1-c1ncc(F)cn1)N1CON(c2cc(C)nc(C)n2)C1. The van der Waals surface area contributed by atoms with Gasteiger partial charge in [0.15, 0.2) is 17.5 Å². The van der Waals surface area contributed by atoms with Gasteiger partial charge in [-0.3, -0.25) is 0 Å². The van der Waals surface area contributed by atoms with Crippen LogP contribution in [0.2, 0.25) is 0 Å². The molecular weight excluding hydrogens is 375 g/mol. The molecule has 1 fully saturated rings. The molecule has 0 atom stereocenters. The molecule has 0 amide bonds. The van der Waals surface area contributed by atoms with Crippen molar-refractivity contribution in [3.63, 3.8) is 0 Å². The summed E-state index contributed by atoms with van der Waals surface area (Å²) < 4.78 is 13.2. The Labute approximate surface area is 166 Å². The lowest BCUT2D eigenvalue weighted by atomic mass is 10.0. The van der Waals surface area contributed by atoms with Gasteiger partial charge < -0.3 is 10.0 Å². The van der Waals surface area contributed by atoms with Crippen LogP contribution in [0.15, 0.2) is 43.2 Å². The van der Waals surface area contributed by atoms with Crippen molar-refractivity contribution >= 4 is 11.5 Å². The maximum absolute atomic E-state index is 13.2. The molecule has 0 saturated carbocycles. The van der Waals surface area contributed by atoms with Crippen molar-refractivity contribution < 1.29 is 14.3 Å². The highest BCUT2D eigenvalue weighted by molar-refractivity contribution is 5.78. The lowest BCUT2D eigenvalue weighted by molar-refractivity contribution is 0.140. The standard InChI is InChI=1S/C20H19FN6O2/c1-12-6-19(25-14(3)24-12)27-10-26(11-29-27)13(2)18-7-16(28)4-5-17(18)20-22-8-15(21)9-23-20/h4-9,28H,2,10-11H2,1,3H3. The first-order valence-electron chi connectivity index (χ1n) is 8.88. The summed E-state index contributed by atoms with van der Waals surface area (Å²) in [6, 6.07) is 6.62. The molecule has 0 bridgehead atoms. The summed E-state index contributed by atoms with van der Waals surface area (Å²) in [5, 5.41) is 11.6. The number of halogens is 1. The molecule has 29 heavy (non-hydrogen) atoms. The van der Waals surface area contributed by atoms with Gasteiger partial charge in [0.2, 0.25) is 0 Å². The molecule has 148 valence electrons. The predicted octanol–water partition coefficient (Wildman–Crippen LogP) is 3.03. The Balaban J connectivity index is 1.62. The number of hydrogen-bond donors (Lipinski definition) is 1. The molecule has 9 heteroatoms. The predicted molar refractivity (Wildman–Crippen MR) is 105 cm³/mol. The molecule has 1 aromatic carbocycles. The number of phenols is 1. The molecule has 8 nitrogen and oxygen atoms in total. The molecule has 0 unspecified atom stereocenters. The fourth-order valence-corrected chi connectivity index (χ4v) is 3.09. The summed E-state index contributed by atoms with van der Waals surface area (Å²) in [4.78, 5) is 24.4. The number of benzene rings is 1. The molecule has 0 aliphatic carbocycles. The van der Waals surface area contributed by atoms with Crippen LogP contribution in [-0.2, 0) is 4.84 Å². The van der Waals surface area contributed by atoms with E-state index in [4.69, 9.17) is 4.84 Å². The summed E-state index contributed by atoms with van der Waals surface area (Å²) in [7, 11) is 0. The molecule has 4 rings (SSSR count). The van der Waals surface area contributed by atoms with E-state index in [2.05, 4.69) is 26.5 Å². The molecule has 2 aromatic heterocycles. The molecule has 1 saturated heterocycles. The maximum atomic E-state index is 13.2. The molecule has 0 spiro atoms. The molecular formula is C20H19FN6O2. The minimum Gasteiger partial charge on any atom is -0.508 e. The Morgan fingerprint density at radius 3 is 2.66 bits per heavy atom. The van der Waals surface area contributed by atoms with Crippen molar-refractivity contribution in [2.24, 2.45) is 0 Å². The van der Waals surface area contributed by atoms with E-state index in [0.29, 0.717) is 41.0 Å². The average molecular weight is 394 g/mol. The van der Waals surface area contributed by atoms with Gasteiger partial charge in [0, 0.05) is 28.6 Å². The van der Waals surface area contributed by atoms with E-state index in [0.717, 1.165) is 18.1 Å². The van der Waals surface area contributed by atoms with Crippen molar-refractivity contribution in [3.8, 4) is 17.1 Å². The summed E-state index contributed by atoms with van der Waals surface area (Å²) in [5.74, 6) is 1.20. The third kappa shape index (κ3) is 3.85. The Hall–Kier alpha value is -3.59. The minimum atomic E-state index is -0.521. The van der Waals surface area contributed by atoms with Gasteiger partial charge in [-0.1, -0.05) is 6.58 Å². The monoisotopic (exact) mass is 394 g/mol. The third-order valence-electron chi connectivity index (χ3n) is 4.43. The lowest BCUT2D eigenvalue weighted by Crippen LogP contribution is -2.25. The second-order valence-corrected chi connectivity index (χ2v) is 6.63. The van der Waals surface area contributed by atoms with E-state index < -0.39 is 5.82 Å². The minimum absolute atomic E-state index is 0.0750. The van der Waals surface area contributed by atoms with Crippen molar-refractivity contribution in [1.82, 2.24) is 24.8 Å². The van der Waals surface area contributed by atoms with Gasteiger partial charge in [0.05, 0.1) is 12.4 Å². The van der Waals surface area contributed by atoms with Gasteiger partial charge in [0.25, 0.3) is 0 Å². The number of nitrogens with zero attached hydrogens (tertiary/aromatic N) is 6. The quantitative estimate of drug-likeness (QED) is 0.723. The zero-order valence-corrected chi connectivity index (χ0v) is 16.0. The van der Waals surface area contributed by atoms with Gasteiger partial charge in [-0.2, -0.15) is 0 Å². The second kappa shape index (κ2) is 7.44. The van der Waals surface area contributed by atoms with Crippen molar-refractivity contribution in [1.29, 1.82) is 0 Å². The normalized spacial score (nSPS) is 13.8. The van der Waals surface area contributed by atoms with Crippen LogP contribution in [0.25, 0.3) is 17.1 Å². The Bertz CT molecular complexity index is 1050. The van der Waals surface area contributed by atoms with E-state index in [9.17, 15) is 9.50 Å². The van der Waals surface area contributed by atoms with Crippen LogP contribution < -0.4 is 5.06 Å². The number of aryl methyl sites for hydroxylation is 2. The molecule has 1 aliphatic rings. The van der Waals surface area contributed by atoms with Gasteiger partial charge in [-0.05, 0) is 32.0 Å². The average Bonchev–Trinajstić information content (AvgIpc) is 3.18. The van der Waals surface area contributed by atoms with E-state index in [1.807, 2.05) is 24.8 Å². The Kier molecular flexibility index (Phi) is 4.81. The number of hydroxylamine groups is 1. The van der Waals surface area contributed by atoms with Gasteiger partial charge in [-0.25, -0.2) is 34.2 Å². The zero-order chi connectivity index (χ0) is 20.5. The topological polar surface area (TPSA) is 87.5 Å². The third-order valence-corrected chi connectivity index (χ3v) is 4.43. The Morgan fingerprint density at radius 1 is 1.17 bits per heavy atom. The van der Waals surface area contributed by atoms with Crippen LogP contribution in [0.3, 0.4) is 0 Å². The number of aromatic hydroxyl groups is 1. The molecule has 3 aromatic rings. The summed E-state index contributed by atoms with van der Waals surface area (Å²) in [6.07, 6.45) is 2.20. The molecule has 3 heterocycles. The van der Waals surface area contributed by atoms with E-state index >= 15 is 0 Å². The first kappa shape index (κ1) is 18.8. The maximum Gasteiger partial charge on any atom is 0.159 e. The summed E-state index contributed by atoms with van der Waals surface area (Å²) in [6.45, 7) is 8.51. The van der Waals surface area contributed by atoms with Crippen molar-refractivity contribution in [2.75, 3.05) is 18.5 Å². The second-order valence-electron chi connectivity index (χ2n) is 6.63. The van der Waals surface area contributed by atoms with E-state index in [1.54, 1.807) is 17.2 Å². The smallest absolute Gasteiger partial charge is 0.159 e. The van der Waals surface area contributed by atoms with Gasteiger partial charge in [-0.15, -0.1) is 0 Å². The number of hydrogen-bond acceptors (Lipinski definition) is 8. The molecule has 1 aliphatic heterocycles. The summed E-state index contributed by atoms with van der Waals surface area (Å²) in [5.41, 5.74) is 2.70. The zero-order valence-electron chi connectivity index (χ0n) is 16.0. The van der Waals surface area contributed by atoms with E-state index in [1.165, 1.54) is 6.07 Å². The number of aromatic nitrogens is 4. The largest absolute Gasteiger partial charge is 0.508 e. The number of phenolic OH excluding ortho intramolecular Hbond substituents is 1. The first-order chi connectivity index (χ1) is 13.9.